The Balaban J connectivity index is 1.90. The Labute approximate surface area is 184 Å². The van der Waals surface area contributed by atoms with Crippen LogP contribution in [0.2, 0.25) is 0 Å². The minimum absolute atomic E-state index is 0.182. The Morgan fingerprint density at radius 3 is 1.65 bits per heavy atom. The van der Waals surface area contributed by atoms with Crippen LogP contribution in [0.4, 0.5) is 0 Å². The van der Waals surface area contributed by atoms with Gasteiger partial charge in [-0.2, -0.15) is 0 Å². The van der Waals surface area contributed by atoms with Gasteiger partial charge in [-0.1, -0.05) is 57.8 Å². The van der Waals surface area contributed by atoms with Gasteiger partial charge in [0.2, 0.25) is 0 Å². The van der Waals surface area contributed by atoms with Crippen LogP contribution in [0.5, 0.6) is 11.5 Å². The Hall–Kier alpha value is -3.47. The van der Waals surface area contributed by atoms with E-state index in [0.29, 0.717) is 19.0 Å². The number of carbonyl (C=O) groups excluding carboxylic acids is 1. The number of hydrogen-bond acceptors (Lipinski definition) is 5. The molecule has 0 unspecified atom stereocenters. The molecule has 0 heterocycles. The maximum atomic E-state index is 11.0. The average molecular weight is 423 g/mol. The Kier molecular flexibility index (Phi) is 8.94. The van der Waals surface area contributed by atoms with E-state index in [0.717, 1.165) is 23.1 Å². The van der Waals surface area contributed by atoms with Gasteiger partial charge >= 0.3 is 5.97 Å². The largest absolute Gasteiger partial charge is 0.491 e. The van der Waals surface area contributed by atoms with Crippen LogP contribution in [0.3, 0.4) is 0 Å². The van der Waals surface area contributed by atoms with Gasteiger partial charge in [-0.15, -0.1) is 0 Å². The summed E-state index contributed by atoms with van der Waals surface area (Å²) in [5.41, 5.74) is 2.13. The number of benzene rings is 2. The SMILES string of the molecule is C=CC(=C)OCCOc1ccc(C(C)(C)c2ccc(OCCOC(=O)C=C)cc2)cc1. The third-order valence-corrected chi connectivity index (χ3v) is 4.78. The third kappa shape index (κ3) is 7.37. The van der Waals surface area contributed by atoms with Gasteiger partial charge < -0.3 is 18.9 Å². The highest BCUT2D eigenvalue weighted by Gasteiger charge is 2.23. The Morgan fingerprint density at radius 2 is 1.23 bits per heavy atom. The fraction of sp³-hybridized carbons (Fsp3) is 0.269. The number of hydrogen-bond donors (Lipinski definition) is 0. The predicted molar refractivity (Wildman–Crippen MR) is 122 cm³/mol. The summed E-state index contributed by atoms with van der Waals surface area (Å²) < 4.78 is 21.5. The van der Waals surface area contributed by atoms with Crippen molar-refractivity contribution in [1.29, 1.82) is 0 Å². The molecule has 2 aromatic rings. The van der Waals surface area contributed by atoms with Gasteiger partial charge in [-0.05, 0) is 41.5 Å². The highest BCUT2D eigenvalue weighted by Crippen LogP contribution is 2.33. The molecule has 5 heteroatoms. The zero-order chi connectivity index (χ0) is 22.7. The molecule has 0 spiro atoms. The summed E-state index contributed by atoms with van der Waals surface area (Å²) in [6.07, 6.45) is 2.70. The summed E-state index contributed by atoms with van der Waals surface area (Å²) in [4.78, 5) is 11.0. The normalized spacial score (nSPS) is 10.6. The van der Waals surface area contributed by atoms with Crippen molar-refractivity contribution >= 4 is 5.97 Å². The van der Waals surface area contributed by atoms with Crippen LogP contribution in [-0.2, 0) is 19.7 Å². The summed E-state index contributed by atoms with van der Waals surface area (Å²) in [5.74, 6) is 1.59. The molecule has 0 bridgehead atoms. The minimum atomic E-state index is -0.455. The smallest absolute Gasteiger partial charge is 0.330 e. The van der Waals surface area contributed by atoms with Gasteiger partial charge in [0.05, 0.1) is 0 Å². The highest BCUT2D eigenvalue weighted by molar-refractivity contribution is 5.81. The van der Waals surface area contributed by atoms with Crippen LogP contribution in [-0.4, -0.2) is 32.4 Å². The van der Waals surface area contributed by atoms with E-state index < -0.39 is 5.97 Å². The van der Waals surface area contributed by atoms with Crippen LogP contribution in [0.15, 0.2) is 86.2 Å². The number of allylic oxidation sites excluding steroid dienone is 1. The van der Waals surface area contributed by atoms with Crippen molar-refractivity contribution in [2.45, 2.75) is 19.3 Å². The van der Waals surface area contributed by atoms with Crippen molar-refractivity contribution in [3.8, 4) is 11.5 Å². The lowest BCUT2D eigenvalue weighted by atomic mass is 9.78. The summed E-state index contributed by atoms with van der Waals surface area (Å²) in [6.45, 7) is 16.3. The molecule has 31 heavy (non-hydrogen) atoms. The molecule has 0 saturated heterocycles. The van der Waals surface area contributed by atoms with E-state index >= 15 is 0 Å². The summed E-state index contributed by atoms with van der Waals surface area (Å²) in [5, 5.41) is 0. The monoisotopic (exact) mass is 422 g/mol. The van der Waals surface area contributed by atoms with Crippen molar-refractivity contribution in [3.63, 3.8) is 0 Å². The lowest BCUT2D eigenvalue weighted by Crippen LogP contribution is -2.18. The van der Waals surface area contributed by atoms with E-state index in [1.165, 1.54) is 5.56 Å². The van der Waals surface area contributed by atoms with E-state index in [2.05, 4.69) is 45.7 Å². The first-order valence-electron chi connectivity index (χ1n) is 10.1. The molecule has 0 atom stereocenters. The van der Waals surface area contributed by atoms with Gasteiger partial charge in [0, 0.05) is 11.5 Å². The summed E-state index contributed by atoms with van der Waals surface area (Å²) >= 11 is 0. The molecule has 0 aliphatic rings. The second-order valence-electron chi connectivity index (χ2n) is 7.26. The highest BCUT2D eigenvalue weighted by atomic mass is 16.6. The van der Waals surface area contributed by atoms with Crippen molar-refractivity contribution in [2.24, 2.45) is 0 Å². The molecule has 0 N–H and O–H groups in total. The van der Waals surface area contributed by atoms with Crippen molar-refractivity contribution < 1.29 is 23.7 Å². The summed E-state index contributed by atoms with van der Waals surface area (Å²) in [6, 6.07) is 16.0. The molecule has 0 amide bonds. The maximum Gasteiger partial charge on any atom is 0.330 e. The molecular weight excluding hydrogens is 392 g/mol. The first-order chi connectivity index (χ1) is 14.9. The molecular formula is C26H30O5. The number of rotatable bonds is 13. The molecule has 0 fully saturated rings. The van der Waals surface area contributed by atoms with Gasteiger partial charge in [0.1, 0.15) is 43.7 Å². The minimum Gasteiger partial charge on any atom is -0.491 e. The van der Waals surface area contributed by atoms with Crippen molar-refractivity contribution in [3.05, 3.63) is 97.3 Å². The first kappa shape index (κ1) is 23.8. The fourth-order valence-corrected chi connectivity index (χ4v) is 2.85. The molecule has 164 valence electrons. The van der Waals surface area contributed by atoms with E-state index in [1.807, 2.05) is 36.4 Å². The molecule has 0 aromatic heterocycles. The van der Waals surface area contributed by atoms with Gasteiger partial charge in [0.25, 0.3) is 0 Å². The predicted octanol–water partition coefficient (Wildman–Crippen LogP) is 5.22. The quantitative estimate of drug-likeness (QED) is 0.146. The zero-order valence-electron chi connectivity index (χ0n) is 18.3. The van der Waals surface area contributed by atoms with E-state index in [-0.39, 0.29) is 18.6 Å². The molecule has 2 aromatic carbocycles. The van der Waals surface area contributed by atoms with Crippen molar-refractivity contribution in [2.75, 3.05) is 26.4 Å². The van der Waals surface area contributed by atoms with Gasteiger partial charge in [-0.3, -0.25) is 0 Å². The van der Waals surface area contributed by atoms with Crippen LogP contribution in [0.25, 0.3) is 0 Å². The van der Waals surface area contributed by atoms with Crippen LogP contribution < -0.4 is 9.47 Å². The third-order valence-electron chi connectivity index (χ3n) is 4.78. The number of esters is 1. The van der Waals surface area contributed by atoms with Crippen LogP contribution in [0, 0.1) is 0 Å². The van der Waals surface area contributed by atoms with Crippen molar-refractivity contribution in [1.82, 2.24) is 0 Å². The van der Waals surface area contributed by atoms with E-state index in [9.17, 15) is 4.79 Å². The molecule has 5 nitrogen and oxygen atoms in total. The maximum absolute atomic E-state index is 11.0. The first-order valence-corrected chi connectivity index (χ1v) is 10.1. The average Bonchev–Trinajstić information content (AvgIpc) is 2.79. The molecule has 2 rings (SSSR count). The molecule has 0 aliphatic heterocycles. The molecule has 0 aliphatic carbocycles. The second kappa shape index (κ2) is 11.6. The van der Waals surface area contributed by atoms with E-state index in [1.54, 1.807) is 6.08 Å². The van der Waals surface area contributed by atoms with Gasteiger partial charge in [-0.25, -0.2) is 4.79 Å². The van der Waals surface area contributed by atoms with Crippen LogP contribution >= 0.6 is 0 Å². The lowest BCUT2D eigenvalue weighted by molar-refractivity contribution is -0.138. The Bertz CT molecular complexity index is 806. The summed E-state index contributed by atoms with van der Waals surface area (Å²) in [7, 11) is 0. The van der Waals surface area contributed by atoms with E-state index in [4.69, 9.17) is 18.9 Å². The lowest BCUT2D eigenvalue weighted by Gasteiger charge is -2.26. The number of carbonyl (C=O) groups is 1. The zero-order valence-corrected chi connectivity index (χ0v) is 18.3. The topological polar surface area (TPSA) is 54.0 Å². The van der Waals surface area contributed by atoms with Gasteiger partial charge in [0.15, 0.2) is 0 Å². The second-order valence-corrected chi connectivity index (χ2v) is 7.26. The fourth-order valence-electron chi connectivity index (χ4n) is 2.85. The molecule has 0 saturated carbocycles. The standard InChI is InChI=1S/C26H30O5/c1-6-20(3)28-16-17-29-23-12-8-21(9-13-23)26(4,5)22-10-14-24(15-11-22)30-18-19-31-25(27)7-2/h6-15H,1-3,16-19H2,4-5H3. The molecule has 0 radical (unpaired) electrons. The number of ether oxygens (including phenoxy) is 4. The Morgan fingerprint density at radius 1 is 0.774 bits per heavy atom. The van der Waals surface area contributed by atoms with Crippen LogP contribution in [0.1, 0.15) is 25.0 Å².